The van der Waals surface area contributed by atoms with Gasteiger partial charge in [0.15, 0.2) is 0 Å². The molecule has 24 heavy (non-hydrogen) atoms. The number of aromatic amines is 1. The molecule has 1 fully saturated rings. The third kappa shape index (κ3) is 3.95. The topological polar surface area (TPSA) is 104 Å². The fourth-order valence-corrected chi connectivity index (χ4v) is 2.82. The van der Waals surface area contributed by atoms with Crippen molar-refractivity contribution >= 4 is 11.8 Å². The van der Waals surface area contributed by atoms with Crippen LogP contribution >= 0.6 is 0 Å². The summed E-state index contributed by atoms with van der Waals surface area (Å²) in [6.45, 7) is 0.685. The van der Waals surface area contributed by atoms with Gasteiger partial charge in [-0.3, -0.25) is 9.59 Å². The van der Waals surface area contributed by atoms with E-state index in [0.29, 0.717) is 18.8 Å². The summed E-state index contributed by atoms with van der Waals surface area (Å²) in [6, 6.07) is 8.94. The lowest BCUT2D eigenvalue weighted by molar-refractivity contribution is -0.135. The fourth-order valence-electron chi connectivity index (χ4n) is 2.82. The fraction of sp³-hybridized carbons (Fsp3) is 0.438. The van der Waals surface area contributed by atoms with Gasteiger partial charge in [0.25, 0.3) is 0 Å². The lowest BCUT2D eigenvalue weighted by Crippen LogP contribution is -2.42. The summed E-state index contributed by atoms with van der Waals surface area (Å²) in [5.74, 6) is 0.194. The summed E-state index contributed by atoms with van der Waals surface area (Å²) in [5.41, 5.74) is 0.856. The lowest BCUT2D eigenvalue weighted by Gasteiger charge is -2.22. The van der Waals surface area contributed by atoms with E-state index in [1.54, 1.807) is 4.90 Å². The smallest absolute Gasteiger partial charge is 0.240 e. The second kappa shape index (κ2) is 7.67. The number of rotatable bonds is 5. The highest BCUT2D eigenvalue weighted by atomic mass is 16.2. The molecule has 1 aromatic carbocycles. The zero-order valence-corrected chi connectivity index (χ0v) is 13.3. The average molecular weight is 328 g/mol. The first-order valence-electron chi connectivity index (χ1n) is 8.09. The molecule has 3 rings (SSSR count). The first-order valence-corrected chi connectivity index (χ1v) is 8.09. The number of carbonyl (C=O) groups excluding carboxylic acids is 2. The third-order valence-corrected chi connectivity index (χ3v) is 4.06. The first kappa shape index (κ1) is 16.1. The maximum absolute atomic E-state index is 12.5. The van der Waals surface area contributed by atoms with E-state index in [-0.39, 0.29) is 18.4 Å². The number of carbonyl (C=O) groups is 2. The van der Waals surface area contributed by atoms with E-state index < -0.39 is 6.04 Å². The molecular formula is C16H20N6O2. The first-order chi connectivity index (χ1) is 11.7. The second-order valence-electron chi connectivity index (χ2n) is 5.81. The number of tetrazole rings is 1. The summed E-state index contributed by atoms with van der Waals surface area (Å²) in [6.07, 6.45) is 3.37. The van der Waals surface area contributed by atoms with E-state index in [2.05, 4.69) is 25.9 Å². The van der Waals surface area contributed by atoms with Gasteiger partial charge >= 0.3 is 0 Å². The van der Waals surface area contributed by atoms with Crippen molar-refractivity contribution in [2.24, 2.45) is 0 Å². The van der Waals surface area contributed by atoms with Gasteiger partial charge in [-0.15, -0.1) is 10.2 Å². The number of nitrogens with zero attached hydrogens (tertiary/aromatic N) is 4. The van der Waals surface area contributed by atoms with Crippen molar-refractivity contribution in [1.82, 2.24) is 30.8 Å². The molecule has 0 saturated carbocycles. The molecule has 2 amide bonds. The van der Waals surface area contributed by atoms with Crippen LogP contribution in [0.3, 0.4) is 0 Å². The number of nitrogens with one attached hydrogen (secondary N) is 2. The van der Waals surface area contributed by atoms with Crippen LogP contribution in [0.2, 0.25) is 0 Å². The molecule has 2 heterocycles. The van der Waals surface area contributed by atoms with E-state index in [1.807, 2.05) is 30.3 Å². The summed E-state index contributed by atoms with van der Waals surface area (Å²) >= 11 is 0. The molecule has 2 aromatic rings. The van der Waals surface area contributed by atoms with Crippen molar-refractivity contribution in [3.05, 3.63) is 41.7 Å². The van der Waals surface area contributed by atoms with Gasteiger partial charge in [-0.1, -0.05) is 42.0 Å². The molecule has 2 N–H and O–H groups in total. The molecule has 126 valence electrons. The van der Waals surface area contributed by atoms with E-state index in [1.165, 1.54) is 0 Å². The minimum Gasteiger partial charge on any atom is -0.340 e. The quantitative estimate of drug-likeness (QED) is 0.845. The molecule has 0 spiro atoms. The number of likely N-dealkylation sites (tertiary alicyclic amines) is 1. The van der Waals surface area contributed by atoms with Crippen molar-refractivity contribution in [3.8, 4) is 0 Å². The molecule has 0 aliphatic carbocycles. The number of aromatic nitrogens is 4. The number of benzene rings is 1. The largest absolute Gasteiger partial charge is 0.340 e. The minimum absolute atomic E-state index is 0.0403. The van der Waals surface area contributed by atoms with Crippen LogP contribution in [-0.4, -0.2) is 50.4 Å². The van der Waals surface area contributed by atoms with Crippen LogP contribution in [0.15, 0.2) is 30.3 Å². The molecule has 0 bridgehead atoms. The van der Waals surface area contributed by atoms with Crippen LogP contribution in [0.1, 0.15) is 43.1 Å². The highest BCUT2D eigenvalue weighted by Crippen LogP contribution is 2.18. The Bertz CT molecular complexity index is 673. The normalized spacial score (nSPS) is 16.5. The Balaban J connectivity index is 1.70. The molecule has 8 heteroatoms. The maximum atomic E-state index is 12.5. The van der Waals surface area contributed by atoms with E-state index in [0.717, 1.165) is 24.8 Å². The molecule has 1 aliphatic heterocycles. The Morgan fingerprint density at radius 2 is 2.08 bits per heavy atom. The van der Waals surface area contributed by atoms with Crippen LogP contribution in [0.5, 0.6) is 0 Å². The highest BCUT2D eigenvalue weighted by molar-refractivity contribution is 5.85. The van der Waals surface area contributed by atoms with Crippen molar-refractivity contribution < 1.29 is 9.59 Å². The van der Waals surface area contributed by atoms with Gasteiger partial charge in [-0.25, -0.2) is 0 Å². The molecule has 8 nitrogen and oxygen atoms in total. The highest BCUT2D eigenvalue weighted by Gasteiger charge is 2.24. The van der Waals surface area contributed by atoms with Crippen LogP contribution in [0, 0.1) is 0 Å². The Kier molecular flexibility index (Phi) is 5.15. The van der Waals surface area contributed by atoms with Gasteiger partial charge in [-0.05, 0) is 18.4 Å². The van der Waals surface area contributed by atoms with Crippen molar-refractivity contribution in [2.45, 2.75) is 31.7 Å². The average Bonchev–Trinajstić information content (AvgIpc) is 3.06. The Morgan fingerprint density at radius 1 is 1.25 bits per heavy atom. The van der Waals surface area contributed by atoms with Gasteiger partial charge < -0.3 is 10.2 Å². The molecule has 1 aromatic heterocycles. The van der Waals surface area contributed by atoms with Gasteiger partial charge in [0, 0.05) is 13.0 Å². The molecule has 1 saturated heterocycles. The Morgan fingerprint density at radius 3 is 2.83 bits per heavy atom. The van der Waals surface area contributed by atoms with E-state index in [4.69, 9.17) is 0 Å². The zero-order chi connectivity index (χ0) is 16.8. The third-order valence-electron chi connectivity index (χ3n) is 4.06. The zero-order valence-electron chi connectivity index (χ0n) is 13.3. The van der Waals surface area contributed by atoms with Gasteiger partial charge in [0.2, 0.25) is 17.6 Å². The molecule has 1 atom stereocenters. The second-order valence-corrected chi connectivity index (χ2v) is 5.81. The van der Waals surface area contributed by atoms with Crippen LogP contribution in [0.4, 0.5) is 0 Å². The number of hydrogen-bond acceptors (Lipinski definition) is 5. The van der Waals surface area contributed by atoms with Crippen molar-refractivity contribution in [1.29, 1.82) is 0 Å². The summed E-state index contributed by atoms with van der Waals surface area (Å²) < 4.78 is 0. The predicted molar refractivity (Wildman–Crippen MR) is 85.7 cm³/mol. The number of amides is 2. The van der Waals surface area contributed by atoms with Crippen molar-refractivity contribution in [2.75, 3.05) is 13.1 Å². The molecule has 0 radical (unpaired) electrons. The van der Waals surface area contributed by atoms with Crippen LogP contribution in [-0.2, 0) is 9.59 Å². The van der Waals surface area contributed by atoms with Gasteiger partial charge in [0.05, 0.1) is 6.54 Å². The van der Waals surface area contributed by atoms with Crippen LogP contribution in [0.25, 0.3) is 0 Å². The summed E-state index contributed by atoms with van der Waals surface area (Å²) in [4.78, 5) is 26.1. The number of H-pyrrole nitrogens is 1. The Labute approximate surface area is 139 Å². The lowest BCUT2D eigenvalue weighted by atomic mass is 10.1. The van der Waals surface area contributed by atoms with Crippen LogP contribution < -0.4 is 5.32 Å². The molecule has 1 aliphatic rings. The summed E-state index contributed by atoms with van der Waals surface area (Å²) in [5, 5.41) is 16.8. The summed E-state index contributed by atoms with van der Waals surface area (Å²) in [7, 11) is 0. The molecule has 0 unspecified atom stereocenters. The maximum Gasteiger partial charge on any atom is 0.240 e. The SMILES string of the molecule is O=C(CN1CCCCCC1=O)N[C@@H](c1ccccc1)c1nn[nH]n1. The minimum atomic E-state index is -0.500. The Hall–Kier alpha value is -2.77. The molecular weight excluding hydrogens is 308 g/mol. The van der Waals surface area contributed by atoms with E-state index >= 15 is 0 Å². The monoisotopic (exact) mass is 328 g/mol. The van der Waals surface area contributed by atoms with Gasteiger partial charge in [-0.2, -0.15) is 5.21 Å². The number of hydrogen-bond donors (Lipinski definition) is 2. The van der Waals surface area contributed by atoms with E-state index in [9.17, 15) is 9.59 Å². The van der Waals surface area contributed by atoms with Crippen molar-refractivity contribution in [3.63, 3.8) is 0 Å². The standard InChI is InChI=1S/C16H20N6O2/c23-13(11-22-10-6-2-5-9-14(22)24)17-15(16-18-20-21-19-16)12-7-3-1-4-8-12/h1,3-4,7-8,15H,2,5-6,9-11H2,(H,17,23)(H,18,19,20,21)/t15-/m0/s1. The van der Waals surface area contributed by atoms with Gasteiger partial charge in [0.1, 0.15) is 6.04 Å². The predicted octanol–water partition coefficient (Wildman–Crippen LogP) is 0.808.